The van der Waals surface area contributed by atoms with Crippen molar-refractivity contribution in [3.8, 4) is 0 Å². The molecule has 1 unspecified atom stereocenters. The maximum absolute atomic E-state index is 13.3. The van der Waals surface area contributed by atoms with Gasteiger partial charge in [-0.15, -0.1) is 0 Å². The van der Waals surface area contributed by atoms with Crippen molar-refractivity contribution in [1.29, 1.82) is 0 Å². The van der Waals surface area contributed by atoms with Crippen molar-refractivity contribution in [3.05, 3.63) is 24.3 Å². The molecule has 5 atom stereocenters. The quantitative estimate of drug-likeness (QED) is 0.784. The van der Waals surface area contributed by atoms with E-state index in [0.29, 0.717) is 13.1 Å². The zero-order valence-electron chi connectivity index (χ0n) is 17.0. The van der Waals surface area contributed by atoms with Crippen LogP contribution in [0.3, 0.4) is 0 Å². The molecule has 3 heterocycles. The highest BCUT2D eigenvalue weighted by Gasteiger charge is 2.39. The van der Waals surface area contributed by atoms with E-state index in [4.69, 9.17) is 9.47 Å². The van der Waals surface area contributed by atoms with Crippen LogP contribution in [0.1, 0.15) is 46.5 Å². The molecular weight excluding hydrogens is 356 g/mol. The minimum Gasteiger partial charge on any atom is -0.365 e. The molecule has 152 valence electrons. The molecule has 4 rings (SSSR count). The Morgan fingerprint density at radius 2 is 1.21 bits per heavy atom. The second kappa shape index (κ2) is 7.84. The summed E-state index contributed by atoms with van der Waals surface area (Å²) in [7, 11) is 0. The number of carbonyl (C=O) groups excluding carboxylic acids is 2. The number of benzene rings is 1. The van der Waals surface area contributed by atoms with Crippen LogP contribution in [0.15, 0.2) is 24.3 Å². The fraction of sp³-hybridized carbons (Fsp3) is 0.636. The average molecular weight is 386 g/mol. The van der Waals surface area contributed by atoms with Gasteiger partial charge in [-0.1, -0.05) is 19.1 Å². The van der Waals surface area contributed by atoms with Gasteiger partial charge in [0, 0.05) is 13.1 Å². The first-order valence-corrected chi connectivity index (χ1v) is 10.5. The molecule has 2 amide bonds. The Balaban J connectivity index is 1.65. The fourth-order valence-electron chi connectivity index (χ4n) is 4.53. The van der Waals surface area contributed by atoms with Crippen LogP contribution in [-0.2, 0) is 19.1 Å². The van der Waals surface area contributed by atoms with Gasteiger partial charge in [-0.25, -0.2) is 0 Å². The first-order valence-electron chi connectivity index (χ1n) is 10.5. The summed E-state index contributed by atoms with van der Waals surface area (Å²) in [5.74, 6) is 0.158. The summed E-state index contributed by atoms with van der Waals surface area (Å²) in [4.78, 5) is 30.2. The minimum atomic E-state index is -0.392. The second-order valence-electron chi connectivity index (χ2n) is 8.52. The molecule has 2 saturated heterocycles. The first-order chi connectivity index (χ1) is 13.4. The summed E-state index contributed by atoms with van der Waals surface area (Å²) in [6, 6.07) is 7.71. The number of ether oxygens (including phenoxy) is 2. The average Bonchev–Trinajstić information content (AvgIpc) is 3.28. The van der Waals surface area contributed by atoms with Crippen molar-refractivity contribution in [2.45, 2.75) is 70.9 Å². The number of hydrogen-bond donors (Lipinski definition) is 0. The molecule has 0 radical (unpaired) electrons. The van der Waals surface area contributed by atoms with Crippen LogP contribution in [-0.4, -0.2) is 49.3 Å². The maximum Gasteiger partial charge on any atom is 0.256 e. The molecule has 3 aliphatic heterocycles. The van der Waals surface area contributed by atoms with Crippen molar-refractivity contribution >= 4 is 23.2 Å². The van der Waals surface area contributed by atoms with Crippen LogP contribution in [0.2, 0.25) is 0 Å². The van der Waals surface area contributed by atoms with Crippen molar-refractivity contribution in [1.82, 2.24) is 0 Å². The molecule has 28 heavy (non-hydrogen) atoms. The summed E-state index contributed by atoms with van der Waals surface area (Å²) in [5.41, 5.74) is 1.58. The molecule has 1 aromatic rings. The first kappa shape index (κ1) is 19.4. The van der Waals surface area contributed by atoms with Gasteiger partial charge < -0.3 is 19.3 Å². The van der Waals surface area contributed by atoms with E-state index < -0.39 is 12.2 Å². The van der Waals surface area contributed by atoms with E-state index in [9.17, 15) is 9.59 Å². The number of carbonyl (C=O) groups is 2. The highest BCUT2D eigenvalue weighted by atomic mass is 16.5. The van der Waals surface area contributed by atoms with E-state index in [2.05, 4.69) is 6.92 Å². The van der Waals surface area contributed by atoms with Gasteiger partial charge in [0.1, 0.15) is 12.2 Å². The largest absolute Gasteiger partial charge is 0.365 e. The lowest BCUT2D eigenvalue weighted by Gasteiger charge is -2.28. The molecule has 2 fully saturated rings. The Morgan fingerprint density at radius 1 is 0.786 bits per heavy atom. The van der Waals surface area contributed by atoms with Crippen molar-refractivity contribution in [2.75, 3.05) is 22.9 Å². The molecule has 0 N–H and O–H groups in total. The predicted molar refractivity (Wildman–Crippen MR) is 107 cm³/mol. The van der Waals surface area contributed by atoms with Gasteiger partial charge in [0.05, 0.1) is 23.6 Å². The van der Waals surface area contributed by atoms with Crippen molar-refractivity contribution in [3.63, 3.8) is 0 Å². The number of para-hydroxylation sites is 2. The molecule has 0 aromatic heterocycles. The summed E-state index contributed by atoms with van der Waals surface area (Å²) >= 11 is 0. The van der Waals surface area contributed by atoms with Gasteiger partial charge in [-0.2, -0.15) is 0 Å². The van der Waals surface area contributed by atoms with Gasteiger partial charge in [0.25, 0.3) is 11.8 Å². The van der Waals surface area contributed by atoms with Crippen LogP contribution in [0.25, 0.3) is 0 Å². The van der Waals surface area contributed by atoms with E-state index in [0.717, 1.165) is 37.1 Å². The zero-order chi connectivity index (χ0) is 19.8. The van der Waals surface area contributed by atoms with Crippen LogP contribution < -0.4 is 9.80 Å². The van der Waals surface area contributed by atoms with Gasteiger partial charge in [0.2, 0.25) is 0 Å². The topological polar surface area (TPSA) is 59.1 Å². The van der Waals surface area contributed by atoms with E-state index in [1.807, 2.05) is 47.9 Å². The Labute approximate surface area is 166 Å². The summed E-state index contributed by atoms with van der Waals surface area (Å²) in [5, 5.41) is 0. The smallest absolute Gasteiger partial charge is 0.256 e. The summed E-state index contributed by atoms with van der Waals surface area (Å²) in [6.45, 7) is 7.26. The number of anilines is 2. The molecule has 1 aromatic carbocycles. The van der Waals surface area contributed by atoms with E-state index in [1.165, 1.54) is 0 Å². The van der Waals surface area contributed by atoms with Crippen LogP contribution in [0.5, 0.6) is 0 Å². The summed E-state index contributed by atoms with van der Waals surface area (Å²) in [6.07, 6.45) is 2.77. The van der Waals surface area contributed by atoms with Crippen molar-refractivity contribution in [2.24, 2.45) is 5.92 Å². The third kappa shape index (κ3) is 3.67. The SMILES string of the molecule is CC1CN(C(=O)[C@@H]2CC[C@H](C)O2)c2ccccc2N(C(=O)[C@H]2CC[C@@H](C)O2)C1. The van der Waals surface area contributed by atoms with Crippen molar-refractivity contribution < 1.29 is 19.1 Å². The third-order valence-electron chi connectivity index (χ3n) is 6.00. The van der Waals surface area contributed by atoms with E-state index in [-0.39, 0.29) is 29.9 Å². The number of hydrogen-bond acceptors (Lipinski definition) is 4. The standard InChI is InChI=1S/C22H30N2O4/c1-14-12-23(21(25)19-10-8-15(2)27-19)17-6-4-5-7-18(17)24(13-14)22(26)20-11-9-16(3)28-20/h4-7,14-16,19-20H,8-13H2,1-3H3/t14?,15-,16+,19-,20+. The Hall–Kier alpha value is -1.92. The van der Waals surface area contributed by atoms with E-state index >= 15 is 0 Å². The van der Waals surface area contributed by atoms with Crippen LogP contribution in [0.4, 0.5) is 11.4 Å². The number of fused-ring (bicyclic) bond motifs is 1. The molecule has 0 saturated carbocycles. The number of amides is 2. The van der Waals surface area contributed by atoms with E-state index in [1.54, 1.807) is 0 Å². The molecule has 0 aliphatic carbocycles. The van der Waals surface area contributed by atoms with Gasteiger partial charge in [-0.3, -0.25) is 9.59 Å². The lowest BCUT2D eigenvalue weighted by Crippen LogP contribution is -2.42. The van der Waals surface area contributed by atoms with Gasteiger partial charge >= 0.3 is 0 Å². The number of rotatable bonds is 2. The molecule has 0 spiro atoms. The maximum atomic E-state index is 13.3. The lowest BCUT2D eigenvalue weighted by molar-refractivity contribution is -0.129. The molecule has 3 aliphatic rings. The molecule has 0 bridgehead atoms. The molecular formula is C22H30N2O4. The monoisotopic (exact) mass is 386 g/mol. The van der Waals surface area contributed by atoms with Crippen LogP contribution in [0, 0.1) is 5.92 Å². The zero-order valence-corrected chi connectivity index (χ0v) is 17.0. The van der Waals surface area contributed by atoms with Gasteiger partial charge in [-0.05, 0) is 57.6 Å². The Kier molecular flexibility index (Phi) is 5.43. The molecule has 6 heteroatoms. The molecule has 6 nitrogen and oxygen atoms in total. The highest BCUT2D eigenvalue weighted by Crippen LogP contribution is 2.36. The number of nitrogens with zero attached hydrogens (tertiary/aromatic N) is 2. The van der Waals surface area contributed by atoms with Gasteiger partial charge in [0.15, 0.2) is 0 Å². The minimum absolute atomic E-state index is 0.00341. The Bertz CT molecular complexity index is 691. The third-order valence-corrected chi connectivity index (χ3v) is 6.00. The Morgan fingerprint density at radius 3 is 1.57 bits per heavy atom. The lowest BCUT2D eigenvalue weighted by atomic mass is 10.1. The summed E-state index contributed by atoms with van der Waals surface area (Å²) < 4.78 is 11.7. The normalized spacial score (nSPS) is 32.9. The fourth-order valence-corrected chi connectivity index (χ4v) is 4.53. The highest BCUT2D eigenvalue weighted by molar-refractivity contribution is 6.05. The predicted octanol–water partition coefficient (Wildman–Crippen LogP) is 3.14. The van der Waals surface area contributed by atoms with Crippen LogP contribution >= 0.6 is 0 Å². The second-order valence-corrected chi connectivity index (χ2v) is 8.52.